The van der Waals surface area contributed by atoms with Gasteiger partial charge in [0.2, 0.25) is 0 Å². The maximum Gasteiger partial charge on any atom is 0.322 e. The number of hydrogen-bond donors (Lipinski definition) is 2. The molecule has 23 heavy (non-hydrogen) atoms. The van der Waals surface area contributed by atoms with E-state index in [9.17, 15) is 14.3 Å². The van der Waals surface area contributed by atoms with Gasteiger partial charge in [-0.3, -0.25) is 0 Å². The first kappa shape index (κ1) is 16.8. The van der Waals surface area contributed by atoms with Gasteiger partial charge in [-0.2, -0.15) is 0 Å². The number of methoxy groups -OCH3 is 1. The van der Waals surface area contributed by atoms with E-state index in [1.165, 1.54) is 29.2 Å². The molecule has 5 nitrogen and oxygen atoms in total. The lowest BCUT2D eigenvalue weighted by molar-refractivity contribution is 0.159. The number of amides is 2. The number of aliphatic hydroxyl groups excluding tert-OH is 1. The SMILES string of the molecule is COc1ccc(C(CO)N(C)C(=O)Nc2ccc(F)cc2)cc1. The molecule has 0 spiro atoms. The molecule has 0 saturated heterocycles. The molecule has 0 aliphatic heterocycles. The number of carbonyl (C=O) groups excluding carboxylic acids is 1. The van der Waals surface area contributed by atoms with Crippen LogP contribution in [0.3, 0.4) is 0 Å². The summed E-state index contributed by atoms with van der Waals surface area (Å²) in [6.07, 6.45) is 0. The molecule has 0 saturated carbocycles. The average Bonchev–Trinajstić information content (AvgIpc) is 2.58. The predicted octanol–water partition coefficient (Wildman–Crippen LogP) is 3.03. The fraction of sp³-hybridized carbons (Fsp3) is 0.235. The van der Waals surface area contributed by atoms with Gasteiger partial charge in [0, 0.05) is 12.7 Å². The van der Waals surface area contributed by atoms with E-state index in [-0.39, 0.29) is 12.4 Å². The molecule has 122 valence electrons. The topological polar surface area (TPSA) is 61.8 Å². The number of anilines is 1. The van der Waals surface area contributed by atoms with Gasteiger partial charge >= 0.3 is 6.03 Å². The number of likely N-dealkylation sites (N-methyl/N-ethyl adjacent to an activating group) is 1. The van der Waals surface area contributed by atoms with Crippen LogP contribution in [0.2, 0.25) is 0 Å². The molecule has 0 radical (unpaired) electrons. The number of aliphatic hydroxyl groups is 1. The molecule has 0 fully saturated rings. The number of rotatable bonds is 5. The van der Waals surface area contributed by atoms with E-state index in [4.69, 9.17) is 4.74 Å². The first-order valence-corrected chi connectivity index (χ1v) is 7.09. The molecule has 0 aliphatic rings. The van der Waals surface area contributed by atoms with Crippen LogP contribution in [0.5, 0.6) is 5.75 Å². The second kappa shape index (κ2) is 7.60. The average molecular weight is 318 g/mol. The third-order valence-corrected chi connectivity index (χ3v) is 3.56. The zero-order valence-electron chi connectivity index (χ0n) is 13.0. The Labute approximate surface area is 134 Å². The first-order chi connectivity index (χ1) is 11.0. The summed E-state index contributed by atoms with van der Waals surface area (Å²) in [5.41, 5.74) is 1.26. The van der Waals surface area contributed by atoms with Crippen LogP contribution in [-0.2, 0) is 0 Å². The van der Waals surface area contributed by atoms with Crippen molar-refractivity contribution in [3.8, 4) is 5.75 Å². The fourth-order valence-corrected chi connectivity index (χ4v) is 2.16. The van der Waals surface area contributed by atoms with Crippen molar-refractivity contribution in [3.05, 3.63) is 59.9 Å². The van der Waals surface area contributed by atoms with Crippen molar-refractivity contribution >= 4 is 11.7 Å². The minimum Gasteiger partial charge on any atom is -0.497 e. The third-order valence-electron chi connectivity index (χ3n) is 3.56. The van der Waals surface area contributed by atoms with E-state index in [0.717, 1.165) is 5.56 Å². The molecule has 0 aliphatic carbocycles. The van der Waals surface area contributed by atoms with Crippen LogP contribution < -0.4 is 10.1 Å². The lowest BCUT2D eigenvalue weighted by Gasteiger charge is -2.27. The zero-order chi connectivity index (χ0) is 16.8. The van der Waals surface area contributed by atoms with E-state index in [1.807, 2.05) is 0 Å². The monoisotopic (exact) mass is 318 g/mol. The Bertz CT molecular complexity index is 644. The highest BCUT2D eigenvalue weighted by Crippen LogP contribution is 2.22. The summed E-state index contributed by atoms with van der Waals surface area (Å²) < 4.78 is 18.0. The highest BCUT2D eigenvalue weighted by atomic mass is 19.1. The molecule has 2 rings (SSSR count). The third kappa shape index (κ3) is 4.20. The molecular formula is C17H19FN2O3. The Balaban J connectivity index is 2.09. The molecule has 2 aromatic rings. The summed E-state index contributed by atoms with van der Waals surface area (Å²) in [6, 6.07) is 11.7. The number of carbonyl (C=O) groups is 1. The zero-order valence-corrected chi connectivity index (χ0v) is 13.0. The fourth-order valence-electron chi connectivity index (χ4n) is 2.16. The van der Waals surface area contributed by atoms with Crippen LogP contribution in [0.15, 0.2) is 48.5 Å². The van der Waals surface area contributed by atoms with Gasteiger partial charge in [-0.1, -0.05) is 12.1 Å². The Morgan fingerprint density at radius 3 is 2.35 bits per heavy atom. The van der Waals surface area contributed by atoms with E-state index >= 15 is 0 Å². The molecule has 0 bridgehead atoms. The molecule has 0 aromatic heterocycles. The second-order valence-corrected chi connectivity index (χ2v) is 5.02. The first-order valence-electron chi connectivity index (χ1n) is 7.09. The van der Waals surface area contributed by atoms with Gasteiger partial charge in [-0.05, 0) is 42.0 Å². The molecule has 1 atom stereocenters. The van der Waals surface area contributed by atoms with Crippen LogP contribution in [0, 0.1) is 5.82 Å². The Kier molecular flexibility index (Phi) is 5.54. The molecule has 1 unspecified atom stereocenters. The normalized spacial score (nSPS) is 11.7. The number of halogens is 1. The van der Waals surface area contributed by atoms with Crippen LogP contribution in [0.1, 0.15) is 11.6 Å². The lowest BCUT2D eigenvalue weighted by Crippen LogP contribution is -2.36. The van der Waals surface area contributed by atoms with Crippen LogP contribution >= 0.6 is 0 Å². The van der Waals surface area contributed by atoms with Crippen molar-refractivity contribution in [2.75, 3.05) is 26.1 Å². The molecule has 2 N–H and O–H groups in total. The molecule has 2 amide bonds. The Hall–Kier alpha value is -2.60. The van der Waals surface area contributed by atoms with Crippen LogP contribution in [0.4, 0.5) is 14.9 Å². The molecule has 6 heteroatoms. The number of urea groups is 1. The number of benzene rings is 2. The van der Waals surface area contributed by atoms with E-state index in [2.05, 4.69) is 5.32 Å². The van der Waals surface area contributed by atoms with E-state index in [0.29, 0.717) is 11.4 Å². The molecule has 0 heterocycles. The second-order valence-electron chi connectivity index (χ2n) is 5.02. The van der Waals surface area contributed by atoms with Crippen molar-refractivity contribution in [2.24, 2.45) is 0 Å². The summed E-state index contributed by atoms with van der Waals surface area (Å²) in [4.78, 5) is 13.7. The van der Waals surface area contributed by atoms with Crippen molar-refractivity contribution < 1.29 is 19.0 Å². The lowest BCUT2D eigenvalue weighted by atomic mass is 10.1. The van der Waals surface area contributed by atoms with Crippen LogP contribution in [-0.4, -0.2) is 36.8 Å². The number of hydrogen-bond acceptors (Lipinski definition) is 3. The highest BCUT2D eigenvalue weighted by molar-refractivity contribution is 5.89. The van der Waals surface area contributed by atoms with E-state index in [1.54, 1.807) is 38.4 Å². The van der Waals surface area contributed by atoms with Gasteiger partial charge in [-0.15, -0.1) is 0 Å². The standard InChI is InChI=1S/C17H19FN2O3/c1-20(17(22)19-14-7-5-13(18)6-8-14)16(11-21)12-3-9-15(23-2)10-4-12/h3-10,16,21H,11H2,1-2H3,(H,19,22). The van der Waals surface area contributed by atoms with Gasteiger partial charge in [0.15, 0.2) is 0 Å². The van der Waals surface area contributed by atoms with Crippen molar-refractivity contribution in [2.45, 2.75) is 6.04 Å². The predicted molar refractivity (Wildman–Crippen MR) is 86.0 cm³/mol. The number of nitrogens with zero attached hydrogens (tertiary/aromatic N) is 1. The maximum absolute atomic E-state index is 12.9. The summed E-state index contributed by atoms with van der Waals surface area (Å²) in [5.74, 6) is 0.326. The molecule has 2 aromatic carbocycles. The van der Waals surface area contributed by atoms with Crippen molar-refractivity contribution in [3.63, 3.8) is 0 Å². The van der Waals surface area contributed by atoms with E-state index < -0.39 is 12.1 Å². The van der Waals surface area contributed by atoms with Crippen molar-refractivity contribution in [1.29, 1.82) is 0 Å². The minimum absolute atomic E-state index is 0.223. The van der Waals surface area contributed by atoms with Gasteiger partial charge in [0.1, 0.15) is 11.6 Å². The summed E-state index contributed by atoms with van der Waals surface area (Å²) >= 11 is 0. The number of nitrogens with one attached hydrogen (secondary N) is 1. The Morgan fingerprint density at radius 2 is 1.83 bits per heavy atom. The highest BCUT2D eigenvalue weighted by Gasteiger charge is 2.21. The summed E-state index contributed by atoms with van der Waals surface area (Å²) in [6.45, 7) is -0.223. The van der Waals surface area contributed by atoms with Gasteiger partial charge in [0.25, 0.3) is 0 Å². The van der Waals surface area contributed by atoms with Crippen LogP contribution in [0.25, 0.3) is 0 Å². The summed E-state index contributed by atoms with van der Waals surface area (Å²) in [5, 5.41) is 12.3. The molecular weight excluding hydrogens is 299 g/mol. The largest absolute Gasteiger partial charge is 0.497 e. The quantitative estimate of drug-likeness (QED) is 0.891. The van der Waals surface area contributed by atoms with Gasteiger partial charge < -0.3 is 20.1 Å². The maximum atomic E-state index is 12.9. The van der Waals surface area contributed by atoms with Crippen molar-refractivity contribution in [1.82, 2.24) is 4.90 Å². The number of ether oxygens (including phenoxy) is 1. The van der Waals surface area contributed by atoms with Gasteiger partial charge in [0.05, 0.1) is 19.8 Å². The Morgan fingerprint density at radius 1 is 1.22 bits per heavy atom. The smallest absolute Gasteiger partial charge is 0.322 e. The van der Waals surface area contributed by atoms with Gasteiger partial charge in [-0.25, -0.2) is 9.18 Å². The summed E-state index contributed by atoms with van der Waals surface area (Å²) in [7, 11) is 3.16. The minimum atomic E-state index is -0.499.